The van der Waals surface area contributed by atoms with Crippen molar-refractivity contribution in [1.29, 1.82) is 0 Å². The lowest BCUT2D eigenvalue weighted by atomic mass is 10.2. The lowest BCUT2D eigenvalue weighted by Crippen LogP contribution is -2.44. The number of amides is 1. The average Bonchev–Trinajstić information content (AvgIpc) is 3.24. The van der Waals surface area contributed by atoms with Crippen molar-refractivity contribution in [3.63, 3.8) is 0 Å². The third-order valence-electron chi connectivity index (χ3n) is 4.77. The third kappa shape index (κ3) is 5.20. The number of halogens is 2. The quantitative estimate of drug-likeness (QED) is 0.437. The summed E-state index contributed by atoms with van der Waals surface area (Å²) in [4.78, 5) is 12.8. The molecule has 166 valence electrons. The second-order valence-electron chi connectivity index (χ2n) is 6.70. The number of ether oxygens (including phenoxy) is 2. The molecule has 1 aliphatic heterocycles. The zero-order valence-corrected chi connectivity index (χ0v) is 20.0. The maximum atomic E-state index is 13.0. The van der Waals surface area contributed by atoms with E-state index in [1.165, 1.54) is 49.0 Å². The van der Waals surface area contributed by atoms with E-state index in [1.807, 2.05) is 0 Å². The minimum atomic E-state index is -3.82. The maximum absolute atomic E-state index is 13.0. The van der Waals surface area contributed by atoms with Crippen LogP contribution in [0, 0.1) is 0 Å². The second kappa shape index (κ2) is 9.99. The number of carbonyl (C=O) groups excluding carboxylic acids is 1. The van der Waals surface area contributed by atoms with E-state index in [0.29, 0.717) is 39.4 Å². The molecule has 0 aliphatic carbocycles. The predicted molar refractivity (Wildman–Crippen MR) is 121 cm³/mol. The Hall–Kier alpha value is -2.14. The van der Waals surface area contributed by atoms with Crippen LogP contribution in [0.1, 0.15) is 18.4 Å². The summed E-state index contributed by atoms with van der Waals surface area (Å²) in [5.41, 5.74) is 3.09. The van der Waals surface area contributed by atoms with Crippen LogP contribution in [0.5, 0.6) is 11.5 Å². The highest BCUT2D eigenvalue weighted by Gasteiger charge is 2.39. The van der Waals surface area contributed by atoms with Crippen molar-refractivity contribution in [3.05, 3.63) is 51.5 Å². The molecule has 3 rings (SSSR count). The van der Waals surface area contributed by atoms with E-state index < -0.39 is 22.0 Å². The molecule has 31 heavy (non-hydrogen) atoms. The van der Waals surface area contributed by atoms with Gasteiger partial charge in [0.25, 0.3) is 5.91 Å². The Balaban J connectivity index is 1.73. The van der Waals surface area contributed by atoms with Crippen LogP contribution in [0.15, 0.2) is 50.9 Å². The summed E-state index contributed by atoms with van der Waals surface area (Å²) in [5, 5.41) is 4.41. The van der Waals surface area contributed by atoms with Gasteiger partial charge in [0.05, 0.1) is 29.8 Å². The van der Waals surface area contributed by atoms with E-state index in [9.17, 15) is 13.2 Å². The topological polar surface area (TPSA) is 97.3 Å². The fourth-order valence-corrected chi connectivity index (χ4v) is 5.69. The molecule has 11 heteroatoms. The Labute approximate surface area is 194 Å². The van der Waals surface area contributed by atoms with Crippen LogP contribution in [0.2, 0.25) is 5.02 Å². The molecule has 2 aromatic carbocycles. The van der Waals surface area contributed by atoms with Crippen LogP contribution < -0.4 is 14.9 Å². The largest absolute Gasteiger partial charge is 0.493 e. The van der Waals surface area contributed by atoms with E-state index in [2.05, 4.69) is 26.5 Å². The van der Waals surface area contributed by atoms with Gasteiger partial charge in [0.2, 0.25) is 10.0 Å². The van der Waals surface area contributed by atoms with Gasteiger partial charge >= 0.3 is 0 Å². The van der Waals surface area contributed by atoms with Crippen LogP contribution in [0.3, 0.4) is 0 Å². The van der Waals surface area contributed by atoms with Gasteiger partial charge in [-0.3, -0.25) is 4.79 Å². The monoisotopic (exact) mass is 529 g/mol. The number of hydrogen-bond donors (Lipinski definition) is 1. The van der Waals surface area contributed by atoms with Crippen LogP contribution in [0.4, 0.5) is 0 Å². The van der Waals surface area contributed by atoms with Gasteiger partial charge in [0.15, 0.2) is 11.5 Å². The molecule has 2 aromatic rings. The Bertz CT molecular complexity index is 1090. The van der Waals surface area contributed by atoms with E-state index in [1.54, 1.807) is 12.1 Å². The minimum absolute atomic E-state index is 0.0929. The first-order chi connectivity index (χ1) is 14.8. The van der Waals surface area contributed by atoms with Gasteiger partial charge in [-0.1, -0.05) is 11.6 Å². The first kappa shape index (κ1) is 23.5. The normalized spacial score (nSPS) is 17.1. The summed E-state index contributed by atoms with van der Waals surface area (Å²) in [6.45, 7) is 0.259. The van der Waals surface area contributed by atoms with Gasteiger partial charge in [0.1, 0.15) is 6.04 Å². The van der Waals surface area contributed by atoms with Gasteiger partial charge < -0.3 is 9.47 Å². The second-order valence-corrected chi connectivity index (χ2v) is 9.88. The summed E-state index contributed by atoms with van der Waals surface area (Å²) in [6, 6.07) is 8.48. The molecule has 0 saturated carbocycles. The van der Waals surface area contributed by atoms with Crippen LogP contribution in [0.25, 0.3) is 0 Å². The summed E-state index contributed by atoms with van der Waals surface area (Å²) in [6.07, 6.45) is 2.44. The molecular formula is C20H21BrClN3O5S. The zero-order valence-electron chi connectivity index (χ0n) is 16.8. The average molecular weight is 531 g/mol. The molecule has 0 bridgehead atoms. The maximum Gasteiger partial charge on any atom is 0.258 e. The van der Waals surface area contributed by atoms with Crippen molar-refractivity contribution in [1.82, 2.24) is 9.73 Å². The molecule has 1 saturated heterocycles. The highest BCUT2D eigenvalue weighted by molar-refractivity contribution is 9.10. The number of sulfonamides is 1. The van der Waals surface area contributed by atoms with Crippen LogP contribution in [-0.2, 0) is 14.8 Å². The van der Waals surface area contributed by atoms with Crippen molar-refractivity contribution in [2.24, 2.45) is 5.10 Å². The lowest BCUT2D eigenvalue weighted by molar-refractivity contribution is -0.124. The summed E-state index contributed by atoms with van der Waals surface area (Å²) < 4.78 is 38.3. The van der Waals surface area contributed by atoms with Gasteiger partial charge in [-0.05, 0) is 70.7 Å². The number of carbonyl (C=O) groups is 1. The van der Waals surface area contributed by atoms with E-state index >= 15 is 0 Å². The number of methoxy groups -OCH3 is 2. The summed E-state index contributed by atoms with van der Waals surface area (Å²) in [7, 11) is -0.777. The van der Waals surface area contributed by atoms with Gasteiger partial charge in [0, 0.05) is 11.6 Å². The number of rotatable bonds is 7. The SMILES string of the molecule is COc1cc(/C=N\NC(=O)[C@H]2CCCN2S(=O)(=O)c2ccc(Cl)cc2)cc(Br)c1OC. The standard InChI is InChI=1S/C20H21BrClN3O5S/c1-29-18-11-13(10-16(21)19(18)30-2)12-23-24-20(26)17-4-3-9-25(17)31(27,28)15-7-5-14(22)6-8-15/h5-8,10-12,17H,3-4,9H2,1-2H3,(H,24,26)/b23-12-/t17-/m1/s1. The smallest absolute Gasteiger partial charge is 0.258 e. The van der Waals surface area contributed by atoms with Crippen molar-refractivity contribution >= 4 is 49.7 Å². The van der Waals surface area contributed by atoms with Gasteiger partial charge in [-0.2, -0.15) is 9.41 Å². The van der Waals surface area contributed by atoms with Crippen LogP contribution in [-0.4, -0.2) is 51.7 Å². The number of nitrogens with zero attached hydrogens (tertiary/aromatic N) is 2. The van der Waals surface area contributed by atoms with E-state index in [4.69, 9.17) is 21.1 Å². The molecule has 8 nitrogen and oxygen atoms in total. The minimum Gasteiger partial charge on any atom is -0.493 e. The van der Waals surface area contributed by atoms with Crippen molar-refractivity contribution in [2.45, 2.75) is 23.8 Å². The van der Waals surface area contributed by atoms with Gasteiger partial charge in [-0.15, -0.1) is 0 Å². The molecule has 1 fully saturated rings. The molecule has 0 radical (unpaired) electrons. The fraction of sp³-hybridized carbons (Fsp3) is 0.300. The first-order valence-corrected chi connectivity index (χ1v) is 11.9. The number of benzene rings is 2. The van der Waals surface area contributed by atoms with Crippen molar-refractivity contribution in [3.8, 4) is 11.5 Å². The summed E-state index contributed by atoms with van der Waals surface area (Å²) >= 11 is 9.24. The number of hydrogen-bond acceptors (Lipinski definition) is 6. The molecule has 1 atom stereocenters. The van der Waals surface area contributed by atoms with Gasteiger partial charge in [-0.25, -0.2) is 13.8 Å². The molecule has 1 amide bonds. The molecular weight excluding hydrogens is 510 g/mol. The van der Waals surface area contributed by atoms with E-state index in [0.717, 1.165) is 0 Å². The highest BCUT2D eigenvalue weighted by Crippen LogP contribution is 2.35. The first-order valence-electron chi connectivity index (χ1n) is 9.29. The van der Waals surface area contributed by atoms with Crippen molar-refractivity contribution in [2.75, 3.05) is 20.8 Å². The van der Waals surface area contributed by atoms with E-state index in [-0.39, 0.29) is 11.4 Å². The molecule has 1 N–H and O–H groups in total. The third-order valence-corrected chi connectivity index (χ3v) is 7.53. The fourth-order valence-electron chi connectivity index (χ4n) is 3.29. The Morgan fingerprint density at radius 3 is 2.61 bits per heavy atom. The Morgan fingerprint density at radius 1 is 1.26 bits per heavy atom. The molecule has 0 spiro atoms. The molecule has 0 unspecified atom stereocenters. The number of nitrogens with one attached hydrogen (secondary N) is 1. The molecule has 1 aliphatic rings. The Morgan fingerprint density at radius 2 is 1.97 bits per heavy atom. The zero-order chi connectivity index (χ0) is 22.6. The molecule has 0 aromatic heterocycles. The Kier molecular flexibility index (Phi) is 7.58. The van der Waals surface area contributed by atoms with Crippen molar-refractivity contribution < 1.29 is 22.7 Å². The highest BCUT2D eigenvalue weighted by atomic mass is 79.9. The predicted octanol–water partition coefficient (Wildman–Crippen LogP) is 3.42. The number of hydrazone groups is 1. The van der Waals surface area contributed by atoms with Crippen LogP contribution >= 0.6 is 27.5 Å². The lowest BCUT2D eigenvalue weighted by Gasteiger charge is -2.22. The molecule has 1 heterocycles. The summed E-state index contributed by atoms with van der Waals surface area (Å²) in [5.74, 6) is 0.546.